The summed E-state index contributed by atoms with van der Waals surface area (Å²) in [4.78, 5) is 12.8. The molecule has 5 rings (SSSR count). The number of rotatable bonds is 6. The first-order valence-electron chi connectivity index (χ1n) is 12.6. The second-order valence-electron chi connectivity index (χ2n) is 9.84. The van der Waals surface area contributed by atoms with E-state index in [1.807, 2.05) is 0 Å². The lowest BCUT2D eigenvalue weighted by Gasteiger charge is -2.41. The van der Waals surface area contributed by atoms with E-state index in [4.69, 9.17) is 23.4 Å². The Hall–Kier alpha value is -3.71. The molecule has 3 aromatic rings. The summed E-state index contributed by atoms with van der Waals surface area (Å²) in [6.45, 7) is -0.881. The van der Waals surface area contributed by atoms with Gasteiger partial charge < -0.3 is 74.4 Å². The number of benzene rings is 2. The SMILES string of the molecule is O=c1c(O)c(-c2ccc(O)c(O)c2)oc2cc(OC3O[C@H](COC4OC[C@H](O)[C@H](O)[C@H]4O)[C@@H](O)[C@H](O)[C@H]3O)cc(O)c12. The summed E-state index contributed by atoms with van der Waals surface area (Å²) >= 11 is 0. The van der Waals surface area contributed by atoms with Crippen LogP contribution in [0, 0.1) is 0 Å². The average Bonchev–Trinajstić information content (AvgIpc) is 2.95. The van der Waals surface area contributed by atoms with Gasteiger partial charge in [0, 0.05) is 17.7 Å². The first-order chi connectivity index (χ1) is 19.9. The number of phenols is 3. The molecule has 0 spiro atoms. The van der Waals surface area contributed by atoms with Gasteiger partial charge in [0.15, 0.2) is 23.5 Å². The van der Waals surface area contributed by atoms with E-state index < -0.39 is 101 Å². The summed E-state index contributed by atoms with van der Waals surface area (Å²) in [5.74, 6) is -3.26. The van der Waals surface area contributed by atoms with Crippen molar-refractivity contribution in [3.05, 3.63) is 40.6 Å². The van der Waals surface area contributed by atoms with E-state index in [0.29, 0.717) is 0 Å². The Bertz CT molecular complexity index is 1510. The molecular formula is C26H28O16. The number of ether oxygens (including phenoxy) is 4. The minimum Gasteiger partial charge on any atom is -0.507 e. The van der Waals surface area contributed by atoms with Crippen LogP contribution in [0.2, 0.25) is 0 Å². The van der Waals surface area contributed by atoms with E-state index >= 15 is 0 Å². The Balaban J connectivity index is 1.39. The molecule has 16 nitrogen and oxygen atoms in total. The molecule has 9 atom stereocenters. The van der Waals surface area contributed by atoms with Gasteiger partial charge in [-0.05, 0) is 18.2 Å². The van der Waals surface area contributed by atoms with Gasteiger partial charge in [-0.3, -0.25) is 4.79 Å². The van der Waals surface area contributed by atoms with Crippen molar-refractivity contribution in [3.8, 4) is 40.1 Å². The predicted molar refractivity (Wildman–Crippen MR) is 136 cm³/mol. The molecule has 10 N–H and O–H groups in total. The van der Waals surface area contributed by atoms with Gasteiger partial charge in [-0.2, -0.15) is 0 Å². The van der Waals surface area contributed by atoms with Gasteiger partial charge in [0.1, 0.15) is 65.2 Å². The zero-order valence-electron chi connectivity index (χ0n) is 21.4. The topological polar surface area (TPSA) is 269 Å². The van der Waals surface area contributed by atoms with E-state index in [2.05, 4.69) is 0 Å². The lowest BCUT2D eigenvalue weighted by Crippen LogP contribution is -2.61. The number of phenolic OH excluding ortho intramolecular Hbond substituents is 3. The number of hydrogen-bond donors (Lipinski definition) is 10. The first-order valence-corrected chi connectivity index (χ1v) is 12.6. The molecule has 2 fully saturated rings. The van der Waals surface area contributed by atoms with Crippen molar-refractivity contribution in [1.82, 2.24) is 0 Å². The Labute approximate surface area is 235 Å². The molecule has 16 heteroatoms. The van der Waals surface area contributed by atoms with Crippen molar-refractivity contribution < 1.29 is 74.4 Å². The third-order valence-electron chi connectivity index (χ3n) is 6.96. The fraction of sp³-hybridized carbons (Fsp3) is 0.423. The van der Waals surface area contributed by atoms with Crippen molar-refractivity contribution >= 4 is 11.0 Å². The van der Waals surface area contributed by atoms with E-state index in [0.717, 1.165) is 24.3 Å². The summed E-state index contributed by atoms with van der Waals surface area (Å²) in [5, 5.41) is 101. The molecule has 1 aromatic heterocycles. The highest BCUT2D eigenvalue weighted by Crippen LogP contribution is 2.38. The molecular weight excluding hydrogens is 568 g/mol. The number of aromatic hydroxyl groups is 4. The summed E-state index contributed by atoms with van der Waals surface area (Å²) in [7, 11) is 0. The number of aliphatic hydroxyl groups is 6. The van der Waals surface area contributed by atoms with Crippen LogP contribution in [0.5, 0.6) is 28.7 Å². The summed E-state index contributed by atoms with van der Waals surface area (Å²) < 4.78 is 27.2. The Kier molecular flexibility index (Phi) is 8.17. The van der Waals surface area contributed by atoms with Crippen LogP contribution in [-0.4, -0.2) is 120 Å². The molecule has 0 amide bonds. The smallest absolute Gasteiger partial charge is 0.238 e. The molecule has 2 aromatic carbocycles. The fourth-order valence-electron chi connectivity index (χ4n) is 4.59. The van der Waals surface area contributed by atoms with Gasteiger partial charge in [-0.25, -0.2) is 0 Å². The van der Waals surface area contributed by atoms with E-state index in [1.165, 1.54) is 6.07 Å². The molecule has 0 aliphatic carbocycles. The van der Waals surface area contributed by atoms with Gasteiger partial charge in [0.25, 0.3) is 0 Å². The zero-order valence-corrected chi connectivity index (χ0v) is 21.4. The van der Waals surface area contributed by atoms with Crippen LogP contribution in [0.3, 0.4) is 0 Å². The summed E-state index contributed by atoms with van der Waals surface area (Å²) in [6, 6.07) is 5.43. The molecule has 2 unspecified atom stereocenters. The van der Waals surface area contributed by atoms with Crippen molar-refractivity contribution in [2.45, 2.75) is 55.3 Å². The van der Waals surface area contributed by atoms with Crippen LogP contribution in [0.25, 0.3) is 22.3 Å². The quantitative estimate of drug-likeness (QED) is 0.137. The third-order valence-corrected chi connectivity index (χ3v) is 6.96. The van der Waals surface area contributed by atoms with Crippen LogP contribution in [-0.2, 0) is 14.2 Å². The van der Waals surface area contributed by atoms with Crippen molar-refractivity contribution in [2.75, 3.05) is 13.2 Å². The van der Waals surface area contributed by atoms with Crippen LogP contribution in [0.1, 0.15) is 0 Å². The number of hydrogen-bond acceptors (Lipinski definition) is 16. The van der Waals surface area contributed by atoms with Gasteiger partial charge in [0.2, 0.25) is 17.5 Å². The van der Waals surface area contributed by atoms with Crippen LogP contribution in [0.15, 0.2) is 39.5 Å². The van der Waals surface area contributed by atoms with E-state index in [9.17, 15) is 55.9 Å². The maximum atomic E-state index is 12.8. The molecule has 0 bridgehead atoms. The Morgan fingerprint density at radius 2 is 1.50 bits per heavy atom. The Morgan fingerprint density at radius 1 is 0.786 bits per heavy atom. The minimum atomic E-state index is -1.83. The van der Waals surface area contributed by atoms with Gasteiger partial charge >= 0.3 is 0 Å². The van der Waals surface area contributed by atoms with Crippen molar-refractivity contribution in [2.24, 2.45) is 0 Å². The number of fused-ring (bicyclic) bond motifs is 1. The van der Waals surface area contributed by atoms with E-state index in [1.54, 1.807) is 0 Å². The lowest BCUT2D eigenvalue weighted by molar-refractivity contribution is -0.307. The van der Waals surface area contributed by atoms with Gasteiger partial charge in [-0.1, -0.05) is 0 Å². The Morgan fingerprint density at radius 3 is 2.21 bits per heavy atom. The highest BCUT2D eigenvalue weighted by atomic mass is 16.7. The normalized spacial score (nSPS) is 31.7. The maximum absolute atomic E-state index is 12.8. The third kappa shape index (κ3) is 5.42. The molecule has 42 heavy (non-hydrogen) atoms. The van der Waals surface area contributed by atoms with E-state index in [-0.39, 0.29) is 23.5 Å². The largest absolute Gasteiger partial charge is 0.507 e. The minimum absolute atomic E-state index is 0.00712. The molecule has 2 aliphatic heterocycles. The standard InChI is InChI=1S/C26H28O16/c27-10-2-1-8(3-11(10)28)24-21(35)19(33)16-12(29)4-9(5-14(16)41-24)40-26-23(37)20(34)18(32)15(42-26)7-39-25-22(36)17(31)13(30)6-38-25/h1-5,13,15,17-18,20,22-23,25-32,34-37H,6-7H2/t13-,15+,17-,18+,20-,22+,23+,25?,26?/m0/s1. The highest BCUT2D eigenvalue weighted by molar-refractivity contribution is 5.88. The zero-order chi connectivity index (χ0) is 30.5. The second-order valence-corrected chi connectivity index (χ2v) is 9.84. The van der Waals surface area contributed by atoms with Crippen molar-refractivity contribution in [3.63, 3.8) is 0 Å². The summed E-state index contributed by atoms with van der Waals surface area (Å²) in [5.41, 5.74) is -1.32. The molecule has 3 heterocycles. The molecule has 0 saturated carbocycles. The number of aliphatic hydroxyl groups excluding tert-OH is 6. The fourth-order valence-corrected chi connectivity index (χ4v) is 4.59. The van der Waals surface area contributed by atoms with Crippen LogP contribution in [0.4, 0.5) is 0 Å². The van der Waals surface area contributed by atoms with Crippen molar-refractivity contribution in [1.29, 1.82) is 0 Å². The lowest BCUT2D eigenvalue weighted by atomic mass is 9.99. The van der Waals surface area contributed by atoms with Gasteiger partial charge in [0.05, 0.1) is 13.2 Å². The average molecular weight is 596 g/mol. The molecule has 2 aliphatic rings. The van der Waals surface area contributed by atoms with Crippen LogP contribution >= 0.6 is 0 Å². The van der Waals surface area contributed by atoms with Crippen LogP contribution < -0.4 is 10.2 Å². The molecule has 228 valence electrons. The predicted octanol–water partition coefficient (Wildman–Crippen LogP) is -2.08. The second kappa shape index (κ2) is 11.5. The molecule has 2 saturated heterocycles. The first kappa shape index (κ1) is 29.8. The molecule has 0 radical (unpaired) electrons. The maximum Gasteiger partial charge on any atom is 0.238 e. The summed E-state index contributed by atoms with van der Waals surface area (Å²) in [6.07, 6.45) is -14.4. The monoisotopic (exact) mass is 596 g/mol. The van der Waals surface area contributed by atoms with Gasteiger partial charge in [-0.15, -0.1) is 0 Å². The highest BCUT2D eigenvalue weighted by Gasteiger charge is 2.46.